The second-order valence-electron chi connectivity index (χ2n) is 7.73. The van der Waals surface area contributed by atoms with Gasteiger partial charge in [0.15, 0.2) is 6.61 Å². The summed E-state index contributed by atoms with van der Waals surface area (Å²) in [4.78, 5) is 23.4. The van der Waals surface area contributed by atoms with E-state index in [1.807, 2.05) is 0 Å². The minimum absolute atomic E-state index is 0.180. The van der Waals surface area contributed by atoms with E-state index in [-0.39, 0.29) is 5.57 Å². The molecule has 3 rings (SSSR count). The van der Waals surface area contributed by atoms with Gasteiger partial charge in [-0.2, -0.15) is 4.31 Å². The maximum absolute atomic E-state index is 12.8. The molecule has 0 aromatic carbocycles. The Labute approximate surface area is 147 Å². The zero-order valence-electron chi connectivity index (χ0n) is 14.7. The summed E-state index contributed by atoms with van der Waals surface area (Å²) in [7, 11) is -3.52. The van der Waals surface area contributed by atoms with Gasteiger partial charge in [-0.1, -0.05) is 6.58 Å². The van der Waals surface area contributed by atoms with Crippen LogP contribution in [0.3, 0.4) is 0 Å². The quantitative estimate of drug-likeness (QED) is 0.518. The van der Waals surface area contributed by atoms with Crippen molar-refractivity contribution in [2.75, 3.05) is 6.61 Å². The molecule has 0 spiro atoms. The van der Waals surface area contributed by atoms with Crippen molar-refractivity contribution in [2.45, 2.75) is 69.3 Å². The third-order valence-electron chi connectivity index (χ3n) is 4.73. The van der Waals surface area contributed by atoms with Gasteiger partial charge in [-0.05, 0) is 34.1 Å². The van der Waals surface area contributed by atoms with Crippen molar-refractivity contribution < 1.29 is 32.2 Å². The standard InChI is InChI=1S/C16H23NO7S/c1-8(2)15(19)22-7-11(18)24-13-9-6-10-14(23-9)12(13)17(16(3,4)5)25(10,20)21/h9-10,12-14H,1,6-7H2,2-5H3. The van der Waals surface area contributed by atoms with Gasteiger partial charge in [0.2, 0.25) is 10.0 Å². The van der Waals surface area contributed by atoms with E-state index < -0.39 is 63.7 Å². The van der Waals surface area contributed by atoms with E-state index in [1.165, 1.54) is 11.2 Å². The minimum atomic E-state index is -3.52. The third kappa shape index (κ3) is 2.88. The number of rotatable bonds is 4. The van der Waals surface area contributed by atoms with Gasteiger partial charge in [-0.3, -0.25) is 0 Å². The lowest BCUT2D eigenvalue weighted by Crippen LogP contribution is -2.53. The van der Waals surface area contributed by atoms with Crippen LogP contribution < -0.4 is 0 Å². The number of nitrogens with zero attached hydrogens (tertiary/aromatic N) is 1. The highest BCUT2D eigenvalue weighted by Crippen LogP contribution is 2.51. The van der Waals surface area contributed by atoms with Crippen LogP contribution in [0.2, 0.25) is 0 Å². The molecule has 3 aliphatic heterocycles. The summed E-state index contributed by atoms with van der Waals surface area (Å²) in [6, 6.07) is -0.547. The average molecular weight is 373 g/mol. The molecule has 8 nitrogen and oxygen atoms in total. The van der Waals surface area contributed by atoms with Gasteiger partial charge in [0, 0.05) is 11.1 Å². The fourth-order valence-corrected chi connectivity index (χ4v) is 6.54. The van der Waals surface area contributed by atoms with E-state index in [9.17, 15) is 18.0 Å². The number of fused-ring (bicyclic) bond motifs is 1. The zero-order chi connectivity index (χ0) is 18.7. The Balaban J connectivity index is 1.75. The molecule has 0 saturated carbocycles. The molecular formula is C16H23NO7S. The summed E-state index contributed by atoms with van der Waals surface area (Å²) >= 11 is 0. The molecule has 0 aromatic heterocycles. The Morgan fingerprint density at radius 2 is 1.96 bits per heavy atom. The first-order chi connectivity index (χ1) is 11.4. The first-order valence-electron chi connectivity index (χ1n) is 8.15. The lowest BCUT2D eigenvalue weighted by atomic mass is 9.90. The molecule has 0 aliphatic carbocycles. The van der Waals surface area contributed by atoms with E-state index in [0.29, 0.717) is 6.42 Å². The maximum atomic E-state index is 12.8. The van der Waals surface area contributed by atoms with E-state index in [0.717, 1.165) is 0 Å². The molecule has 0 amide bonds. The SMILES string of the molecule is C=C(C)C(=O)OCC(=O)OC1C2CC3C(O2)C1N(C(C)(C)C)S3(=O)=O. The van der Waals surface area contributed by atoms with Crippen LogP contribution in [-0.4, -0.2) is 66.4 Å². The van der Waals surface area contributed by atoms with Crippen LogP contribution in [0.15, 0.2) is 12.2 Å². The number of carbonyl (C=O) groups excluding carboxylic acids is 2. The highest BCUT2D eigenvalue weighted by atomic mass is 32.2. The molecule has 25 heavy (non-hydrogen) atoms. The molecule has 3 saturated heterocycles. The molecule has 0 N–H and O–H groups in total. The Morgan fingerprint density at radius 3 is 2.52 bits per heavy atom. The van der Waals surface area contributed by atoms with Gasteiger partial charge in [-0.15, -0.1) is 0 Å². The summed E-state index contributed by atoms with van der Waals surface area (Å²) in [5.74, 6) is -1.41. The van der Waals surface area contributed by atoms with Crippen LogP contribution in [0.4, 0.5) is 0 Å². The molecule has 3 fully saturated rings. The van der Waals surface area contributed by atoms with Crippen LogP contribution >= 0.6 is 0 Å². The van der Waals surface area contributed by atoms with Crippen molar-refractivity contribution in [3.8, 4) is 0 Å². The van der Waals surface area contributed by atoms with Crippen molar-refractivity contribution in [1.29, 1.82) is 0 Å². The van der Waals surface area contributed by atoms with Gasteiger partial charge >= 0.3 is 11.9 Å². The molecule has 5 atom stereocenters. The van der Waals surface area contributed by atoms with E-state index in [2.05, 4.69) is 6.58 Å². The molecule has 0 aromatic rings. The second kappa shape index (κ2) is 5.78. The van der Waals surface area contributed by atoms with E-state index in [1.54, 1.807) is 20.8 Å². The van der Waals surface area contributed by atoms with Crippen LogP contribution in [0.25, 0.3) is 0 Å². The molecule has 9 heteroatoms. The summed E-state index contributed by atoms with van der Waals surface area (Å²) < 4.78 is 43.0. The fraction of sp³-hybridized carbons (Fsp3) is 0.750. The summed E-state index contributed by atoms with van der Waals surface area (Å²) in [6.45, 7) is 9.77. The Hall–Kier alpha value is -1.45. The Morgan fingerprint density at radius 1 is 1.32 bits per heavy atom. The molecule has 0 radical (unpaired) electrons. The van der Waals surface area contributed by atoms with Crippen LogP contribution in [0.1, 0.15) is 34.1 Å². The van der Waals surface area contributed by atoms with Crippen LogP contribution in [0.5, 0.6) is 0 Å². The Kier molecular flexibility index (Phi) is 4.24. The topological polar surface area (TPSA) is 99.2 Å². The van der Waals surface area contributed by atoms with Gasteiger partial charge in [0.1, 0.15) is 11.4 Å². The molecular weight excluding hydrogens is 350 g/mol. The van der Waals surface area contributed by atoms with Crippen molar-refractivity contribution in [1.82, 2.24) is 4.31 Å². The van der Waals surface area contributed by atoms with E-state index in [4.69, 9.17) is 14.2 Å². The molecule has 140 valence electrons. The molecule has 5 unspecified atom stereocenters. The van der Waals surface area contributed by atoms with Crippen molar-refractivity contribution in [2.24, 2.45) is 0 Å². The minimum Gasteiger partial charge on any atom is -0.455 e. The summed E-state index contributed by atoms with van der Waals surface area (Å²) in [5, 5.41) is -0.585. The largest absolute Gasteiger partial charge is 0.455 e. The first-order valence-corrected chi connectivity index (χ1v) is 9.66. The number of carbonyl (C=O) groups is 2. The fourth-order valence-electron chi connectivity index (χ4n) is 3.91. The van der Waals surface area contributed by atoms with E-state index >= 15 is 0 Å². The summed E-state index contributed by atoms with van der Waals surface area (Å²) in [5.41, 5.74) is -0.476. The molecule has 3 aliphatic rings. The number of hydrogen-bond acceptors (Lipinski definition) is 7. The first kappa shape index (κ1) is 18.3. The van der Waals surface area contributed by atoms with Gasteiger partial charge in [-0.25, -0.2) is 18.0 Å². The van der Waals surface area contributed by atoms with Gasteiger partial charge in [0.25, 0.3) is 0 Å². The van der Waals surface area contributed by atoms with Crippen molar-refractivity contribution in [3.05, 3.63) is 12.2 Å². The number of hydrogen-bond donors (Lipinski definition) is 0. The second-order valence-corrected chi connectivity index (χ2v) is 9.76. The van der Waals surface area contributed by atoms with Gasteiger partial charge < -0.3 is 14.2 Å². The van der Waals surface area contributed by atoms with Crippen LogP contribution in [-0.2, 0) is 33.8 Å². The predicted molar refractivity (Wildman–Crippen MR) is 87.0 cm³/mol. The Bertz CT molecular complexity index is 723. The lowest BCUT2D eigenvalue weighted by Gasteiger charge is -2.36. The number of esters is 2. The summed E-state index contributed by atoms with van der Waals surface area (Å²) in [6.07, 6.45) is -1.35. The molecule has 3 heterocycles. The molecule has 2 bridgehead atoms. The number of sulfonamides is 1. The lowest BCUT2D eigenvalue weighted by molar-refractivity contribution is -0.164. The zero-order valence-corrected chi connectivity index (χ0v) is 15.5. The predicted octanol–water partition coefficient (Wildman–Crippen LogP) is 0.370. The van der Waals surface area contributed by atoms with Crippen molar-refractivity contribution >= 4 is 22.0 Å². The highest BCUT2D eigenvalue weighted by molar-refractivity contribution is 7.90. The smallest absolute Gasteiger partial charge is 0.344 e. The van der Waals surface area contributed by atoms with Crippen LogP contribution in [0, 0.1) is 0 Å². The normalized spacial score (nSPS) is 35.6. The highest BCUT2D eigenvalue weighted by Gasteiger charge is 2.70. The maximum Gasteiger partial charge on any atom is 0.344 e. The van der Waals surface area contributed by atoms with Crippen molar-refractivity contribution in [3.63, 3.8) is 0 Å². The average Bonchev–Trinajstić information content (AvgIpc) is 3.06. The van der Waals surface area contributed by atoms with Gasteiger partial charge in [0.05, 0.1) is 18.2 Å². The third-order valence-corrected chi connectivity index (χ3v) is 7.29. The number of ether oxygens (including phenoxy) is 3. The monoisotopic (exact) mass is 373 g/mol.